The lowest BCUT2D eigenvalue weighted by Crippen LogP contribution is -2.13. The first kappa shape index (κ1) is 18.1. The van der Waals surface area contributed by atoms with E-state index < -0.39 is 0 Å². The quantitative estimate of drug-likeness (QED) is 0.698. The van der Waals surface area contributed by atoms with Crippen molar-refractivity contribution in [2.45, 2.75) is 19.9 Å². The van der Waals surface area contributed by atoms with Gasteiger partial charge in [0, 0.05) is 18.0 Å². The molecule has 134 valence electrons. The van der Waals surface area contributed by atoms with E-state index in [-0.39, 0.29) is 12.3 Å². The number of carbonyl (C=O) groups is 1. The second kappa shape index (κ2) is 8.59. The molecule has 1 aromatic carbocycles. The number of nitrogens with zero attached hydrogens (tertiary/aromatic N) is 3. The van der Waals surface area contributed by atoms with E-state index in [9.17, 15) is 4.79 Å². The largest absolute Gasteiger partial charge is 0.363 e. The van der Waals surface area contributed by atoms with Gasteiger partial charge in [-0.15, -0.1) is 0 Å². The smallest absolute Gasteiger partial charge is 0.238 e. The lowest BCUT2D eigenvalue weighted by Gasteiger charge is -2.11. The van der Waals surface area contributed by atoms with E-state index in [1.165, 1.54) is 5.56 Å². The minimum atomic E-state index is -0.366. The molecule has 27 heavy (non-hydrogen) atoms. The summed E-state index contributed by atoms with van der Waals surface area (Å²) in [4.78, 5) is 20.4. The predicted molar refractivity (Wildman–Crippen MR) is 105 cm³/mol. The maximum atomic E-state index is 11.6. The Hall–Kier alpha value is -3.72. The van der Waals surface area contributed by atoms with Crippen molar-refractivity contribution in [3.8, 4) is 17.2 Å². The van der Waals surface area contributed by atoms with Crippen LogP contribution in [0.1, 0.15) is 17.7 Å². The highest BCUT2D eigenvalue weighted by atomic mass is 16.1. The van der Waals surface area contributed by atoms with Crippen molar-refractivity contribution < 1.29 is 4.79 Å². The molecule has 6 nitrogen and oxygen atoms in total. The number of nitrogens with one attached hydrogen (secondary N) is 2. The number of aromatic nitrogens is 2. The normalized spacial score (nSPS) is 10.1. The van der Waals surface area contributed by atoms with E-state index in [2.05, 4.69) is 39.7 Å². The zero-order chi connectivity index (χ0) is 19.1. The minimum Gasteiger partial charge on any atom is -0.363 e. The van der Waals surface area contributed by atoms with Crippen molar-refractivity contribution in [1.82, 2.24) is 9.97 Å². The van der Waals surface area contributed by atoms with Gasteiger partial charge in [0.25, 0.3) is 0 Å². The van der Waals surface area contributed by atoms with Gasteiger partial charge in [0.15, 0.2) is 0 Å². The molecule has 0 atom stereocenters. The lowest BCUT2D eigenvalue weighted by molar-refractivity contribution is -0.115. The molecule has 0 aliphatic carbocycles. The van der Waals surface area contributed by atoms with E-state index in [0.29, 0.717) is 18.1 Å². The Morgan fingerprint density at radius 1 is 1.11 bits per heavy atom. The fourth-order valence-electron chi connectivity index (χ4n) is 2.67. The van der Waals surface area contributed by atoms with Crippen LogP contribution in [0, 0.1) is 18.3 Å². The van der Waals surface area contributed by atoms with Crippen LogP contribution < -0.4 is 10.6 Å². The van der Waals surface area contributed by atoms with E-state index in [0.717, 1.165) is 16.8 Å². The number of anilines is 2. The first-order valence-electron chi connectivity index (χ1n) is 8.54. The van der Waals surface area contributed by atoms with Crippen molar-refractivity contribution in [2.75, 3.05) is 10.6 Å². The van der Waals surface area contributed by atoms with Crippen LogP contribution in [0.3, 0.4) is 0 Å². The number of amides is 1. The van der Waals surface area contributed by atoms with Gasteiger partial charge in [-0.25, -0.2) is 4.98 Å². The zero-order valence-corrected chi connectivity index (χ0v) is 14.9. The molecule has 0 fully saturated rings. The number of benzene rings is 1. The summed E-state index contributed by atoms with van der Waals surface area (Å²) in [6, 6.07) is 17.5. The Balaban J connectivity index is 1.68. The molecule has 0 spiro atoms. The highest BCUT2D eigenvalue weighted by Gasteiger charge is 2.08. The molecule has 3 aromatic rings. The summed E-state index contributed by atoms with van der Waals surface area (Å²) in [5, 5.41) is 14.5. The molecular weight excluding hydrogens is 338 g/mol. The van der Waals surface area contributed by atoms with Crippen LogP contribution in [0.15, 0.2) is 60.9 Å². The molecule has 0 radical (unpaired) electrons. The molecule has 1 amide bonds. The van der Waals surface area contributed by atoms with Crippen molar-refractivity contribution in [3.05, 3.63) is 72.2 Å². The van der Waals surface area contributed by atoms with Crippen molar-refractivity contribution in [3.63, 3.8) is 0 Å². The van der Waals surface area contributed by atoms with Crippen LogP contribution in [-0.2, 0) is 11.3 Å². The number of carbonyl (C=O) groups excluding carboxylic acids is 1. The SMILES string of the molecule is Cc1ccccc1-c1ccc(CNc2ncccc2NC(=O)CC#N)nc1. The number of hydrogen-bond acceptors (Lipinski definition) is 5. The highest BCUT2D eigenvalue weighted by molar-refractivity contribution is 5.94. The van der Waals surface area contributed by atoms with Gasteiger partial charge >= 0.3 is 0 Å². The van der Waals surface area contributed by atoms with Crippen LogP contribution >= 0.6 is 0 Å². The molecule has 2 heterocycles. The Kier molecular flexibility index (Phi) is 5.75. The second-order valence-corrected chi connectivity index (χ2v) is 5.99. The number of hydrogen-bond donors (Lipinski definition) is 2. The van der Waals surface area contributed by atoms with E-state index >= 15 is 0 Å². The number of pyridine rings is 2. The topological polar surface area (TPSA) is 90.7 Å². The van der Waals surface area contributed by atoms with Gasteiger partial charge in [0.1, 0.15) is 12.2 Å². The van der Waals surface area contributed by atoms with Crippen molar-refractivity contribution >= 4 is 17.4 Å². The maximum absolute atomic E-state index is 11.6. The standard InChI is InChI=1S/C21H19N5O/c1-15-5-2-3-6-18(15)16-8-9-17(24-13-16)14-25-21-19(7-4-12-23-21)26-20(27)10-11-22/h2-9,12-13H,10,14H2,1H3,(H,23,25)(H,26,27). The Bertz CT molecular complexity index is 976. The molecule has 0 bridgehead atoms. The molecule has 6 heteroatoms. The molecule has 0 saturated heterocycles. The fraction of sp³-hybridized carbons (Fsp3) is 0.143. The first-order chi connectivity index (χ1) is 13.2. The fourth-order valence-corrected chi connectivity index (χ4v) is 2.67. The number of rotatable bonds is 6. The van der Waals surface area contributed by atoms with Gasteiger partial charge in [0.05, 0.1) is 24.0 Å². The molecule has 0 unspecified atom stereocenters. The van der Waals surface area contributed by atoms with Crippen molar-refractivity contribution in [2.24, 2.45) is 0 Å². The second-order valence-electron chi connectivity index (χ2n) is 5.99. The molecule has 2 aromatic heterocycles. The minimum absolute atomic E-state index is 0.198. The summed E-state index contributed by atoms with van der Waals surface area (Å²) in [6.07, 6.45) is 3.29. The van der Waals surface area contributed by atoms with E-state index in [1.807, 2.05) is 36.5 Å². The summed E-state index contributed by atoms with van der Waals surface area (Å²) >= 11 is 0. The summed E-state index contributed by atoms with van der Waals surface area (Å²) in [6.45, 7) is 2.54. The summed E-state index contributed by atoms with van der Waals surface area (Å²) < 4.78 is 0. The summed E-state index contributed by atoms with van der Waals surface area (Å²) in [5.74, 6) is 0.169. The summed E-state index contributed by atoms with van der Waals surface area (Å²) in [5.41, 5.74) is 4.83. The Morgan fingerprint density at radius 3 is 2.70 bits per heavy atom. The molecule has 3 rings (SSSR count). The third kappa shape index (κ3) is 4.67. The molecule has 2 N–H and O–H groups in total. The zero-order valence-electron chi connectivity index (χ0n) is 14.9. The third-order valence-corrected chi connectivity index (χ3v) is 4.04. The highest BCUT2D eigenvalue weighted by Crippen LogP contribution is 2.23. The predicted octanol–water partition coefficient (Wildman–Crippen LogP) is 3.92. The molecule has 0 saturated carbocycles. The van der Waals surface area contributed by atoms with Gasteiger partial charge < -0.3 is 10.6 Å². The van der Waals surface area contributed by atoms with Gasteiger partial charge in [-0.05, 0) is 36.2 Å². The number of aryl methyl sites for hydroxylation is 1. The average Bonchev–Trinajstić information content (AvgIpc) is 2.68. The Labute approximate surface area is 157 Å². The monoisotopic (exact) mass is 357 g/mol. The van der Waals surface area contributed by atoms with Gasteiger partial charge in [-0.2, -0.15) is 5.26 Å². The first-order valence-corrected chi connectivity index (χ1v) is 8.54. The van der Waals surface area contributed by atoms with Crippen LogP contribution in [-0.4, -0.2) is 15.9 Å². The Morgan fingerprint density at radius 2 is 1.96 bits per heavy atom. The van der Waals surface area contributed by atoms with Gasteiger partial charge in [0.2, 0.25) is 5.91 Å². The number of nitriles is 1. The van der Waals surface area contributed by atoms with Gasteiger partial charge in [-0.3, -0.25) is 9.78 Å². The van der Waals surface area contributed by atoms with Crippen LogP contribution in [0.25, 0.3) is 11.1 Å². The average molecular weight is 357 g/mol. The van der Waals surface area contributed by atoms with Crippen LogP contribution in [0.4, 0.5) is 11.5 Å². The third-order valence-electron chi connectivity index (χ3n) is 4.04. The molecular formula is C21H19N5O. The van der Waals surface area contributed by atoms with Crippen LogP contribution in [0.5, 0.6) is 0 Å². The van der Waals surface area contributed by atoms with E-state index in [1.54, 1.807) is 18.3 Å². The van der Waals surface area contributed by atoms with Crippen molar-refractivity contribution in [1.29, 1.82) is 5.26 Å². The molecule has 0 aliphatic heterocycles. The maximum Gasteiger partial charge on any atom is 0.238 e. The van der Waals surface area contributed by atoms with Gasteiger partial charge in [-0.1, -0.05) is 30.3 Å². The summed E-state index contributed by atoms with van der Waals surface area (Å²) in [7, 11) is 0. The lowest BCUT2D eigenvalue weighted by atomic mass is 10.0. The van der Waals surface area contributed by atoms with E-state index in [4.69, 9.17) is 5.26 Å². The van der Waals surface area contributed by atoms with Crippen LogP contribution in [0.2, 0.25) is 0 Å². The molecule has 0 aliphatic rings.